The van der Waals surface area contributed by atoms with Crippen LogP contribution in [-0.2, 0) is 4.84 Å². The molecule has 9 nitrogen and oxygen atoms in total. The first-order valence-electron chi connectivity index (χ1n) is 9.51. The quantitative estimate of drug-likeness (QED) is 0.469. The fourth-order valence-electron chi connectivity index (χ4n) is 3.32. The number of amides is 2. The summed E-state index contributed by atoms with van der Waals surface area (Å²) >= 11 is 4.75. The van der Waals surface area contributed by atoms with Crippen molar-refractivity contribution in [3.8, 4) is 5.75 Å². The standard InChI is InChI=1S/C20H18ClF2N5O4/c1-10(2)28-9-24-15-8-11(7-14(16(15)28)17-26-19(30)32-27-17)18(29)25-12-3-5-13(6-4-12)31-20(21,22)23/h3-10,17,27H,1-2H3,(H,25,29)(H,26,30). The summed E-state index contributed by atoms with van der Waals surface area (Å²) in [5.74, 6) is -0.622. The summed E-state index contributed by atoms with van der Waals surface area (Å²) in [4.78, 5) is 33.6. The van der Waals surface area contributed by atoms with Gasteiger partial charge in [0, 0.05) is 34.5 Å². The van der Waals surface area contributed by atoms with E-state index in [9.17, 15) is 18.4 Å². The molecule has 168 valence electrons. The zero-order chi connectivity index (χ0) is 23.0. The van der Waals surface area contributed by atoms with Gasteiger partial charge in [0.15, 0.2) is 0 Å². The summed E-state index contributed by atoms with van der Waals surface area (Å²) in [5.41, 5.74) is 1.28. The lowest BCUT2D eigenvalue weighted by Crippen LogP contribution is -2.24. The van der Waals surface area contributed by atoms with Crippen molar-refractivity contribution in [2.24, 2.45) is 0 Å². The topological polar surface area (TPSA) is 107 Å². The molecule has 3 aromatic rings. The lowest BCUT2D eigenvalue weighted by atomic mass is 10.0. The number of nitrogens with one attached hydrogen (secondary N) is 3. The Labute approximate surface area is 185 Å². The van der Waals surface area contributed by atoms with E-state index in [1.807, 2.05) is 18.4 Å². The van der Waals surface area contributed by atoms with E-state index >= 15 is 0 Å². The molecule has 1 atom stereocenters. The van der Waals surface area contributed by atoms with Crippen molar-refractivity contribution >= 4 is 40.3 Å². The van der Waals surface area contributed by atoms with Gasteiger partial charge in [0.05, 0.1) is 17.4 Å². The van der Waals surface area contributed by atoms with Crippen molar-refractivity contribution in [3.63, 3.8) is 0 Å². The number of imidazole rings is 1. The van der Waals surface area contributed by atoms with Gasteiger partial charge in [-0.1, -0.05) is 0 Å². The third-order valence-corrected chi connectivity index (χ3v) is 4.78. The molecule has 2 amide bonds. The molecule has 3 N–H and O–H groups in total. The fraction of sp³-hybridized carbons (Fsp3) is 0.250. The number of aromatic nitrogens is 2. The molecule has 1 aliphatic rings. The fourth-order valence-corrected chi connectivity index (χ4v) is 3.41. The van der Waals surface area contributed by atoms with Gasteiger partial charge in [-0.3, -0.25) is 10.1 Å². The van der Waals surface area contributed by atoms with Crippen molar-refractivity contribution in [2.45, 2.75) is 31.6 Å². The van der Waals surface area contributed by atoms with Gasteiger partial charge in [-0.05, 0) is 50.2 Å². The zero-order valence-electron chi connectivity index (χ0n) is 16.9. The van der Waals surface area contributed by atoms with Crippen LogP contribution in [0.5, 0.6) is 5.75 Å². The lowest BCUT2D eigenvalue weighted by molar-refractivity contribution is -0.0964. The number of ether oxygens (including phenoxy) is 1. The van der Waals surface area contributed by atoms with Crippen molar-refractivity contribution in [1.29, 1.82) is 0 Å². The molecule has 2 heterocycles. The Hall–Kier alpha value is -3.44. The smallest absolute Gasteiger partial charge is 0.420 e. The van der Waals surface area contributed by atoms with E-state index in [2.05, 4.69) is 25.8 Å². The van der Waals surface area contributed by atoms with Crippen LogP contribution in [0.15, 0.2) is 42.7 Å². The number of halogens is 3. The van der Waals surface area contributed by atoms with Gasteiger partial charge in [-0.15, -0.1) is 14.3 Å². The van der Waals surface area contributed by atoms with E-state index in [1.54, 1.807) is 18.5 Å². The summed E-state index contributed by atoms with van der Waals surface area (Å²) in [6, 6.07) is 8.62. The number of alkyl halides is 3. The van der Waals surface area contributed by atoms with Crippen LogP contribution in [-0.4, -0.2) is 27.1 Å². The van der Waals surface area contributed by atoms with Crippen LogP contribution in [0.4, 0.5) is 19.3 Å². The minimum atomic E-state index is -3.83. The molecule has 0 saturated carbocycles. The van der Waals surface area contributed by atoms with E-state index in [0.29, 0.717) is 16.8 Å². The molecular weight excluding hydrogens is 448 g/mol. The third kappa shape index (κ3) is 4.58. The molecule has 32 heavy (non-hydrogen) atoms. The first kappa shape index (κ1) is 21.8. The molecule has 2 aromatic carbocycles. The van der Waals surface area contributed by atoms with Crippen molar-refractivity contribution in [1.82, 2.24) is 20.3 Å². The Morgan fingerprint density at radius 3 is 2.62 bits per heavy atom. The number of hydrogen-bond donors (Lipinski definition) is 3. The van der Waals surface area contributed by atoms with Gasteiger partial charge < -0.3 is 19.5 Å². The molecule has 1 aliphatic heterocycles. The highest BCUT2D eigenvalue weighted by Gasteiger charge is 2.29. The largest absolute Gasteiger partial charge is 0.487 e. The molecule has 1 fully saturated rings. The average molecular weight is 466 g/mol. The number of hydroxylamine groups is 1. The monoisotopic (exact) mass is 465 g/mol. The van der Waals surface area contributed by atoms with Crippen LogP contribution in [0.1, 0.15) is 42.0 Å². The summed E-state index contributed by atoms with van der Waals surface area (Å²) in [6.07, 6.45) is 0.336. The van der Waals surface area contributed by atoms with Crippen molar-refractivity contribution in [3.05, 3.63) is 53.9 Å². The maximum absolute atomic E-state index is 12.9. The van der Waals surface area contributed by atoms with E-state index < -0.39 is 23.7 Å². The summed E-state index contributed by atoms with van der Waals surface area (Å²) < 4.78 is 31.6. The maximum atomic E-state index is 12.9. The number of carbonyl (C=O) groups excluding carboxylic acids is 2. The van der Waals surface area contributed by atoms with Gasteiger partial charge in [0.2, 0.25) is 0 Å². The lowest BCUT2D eigenvalue weighted by Gasteiger charge is -2.16. The SMILES string of the molecule is CC(C)n1cnc2cc(C(=O)Nc3ccc(OC(F)(F)Cl)cc3)cc(C3NOC(=O)N3)c21. The Kier molecular flexibility index (Phi) is 5.61. The van der Waals surface area contributed by atoms with E-state index in [4.69, 9.17) is 16.4 Å². The van der Waals surface area contributed by atoms with Crippen LogP contribution in [0.2, 0.25) is 0 Å². The number of nitrogens with zero attached hydrogens (tertiary/aromatic N) is 2. The third-order valence-electron chi connectivity index (χ3n) is 4.71. The maximum Gasteiger partial charge on any atom is 0.487 e. The summed E-state index contributed by atoms with van der Waals surface area (Å²) in [5, 5.41) is 5.31. The predicted molar refractivity (Wildman–Crippen MR) is 111 cm³/mol. The Morgan fingerprint density at radius 1 is 1.31 bits per heavy atom. The molecule has 4 rings (SSSR count). The minimum Gasteiger partial charge on any atom is -0.420 e. The van der Waals surface area contributed by atoms with Crippen LogP contribution < -0.4 is 20.9 Å². The highest BCUT2D eigenvalue weighted by atomic mass is 35.5. The first-order chi connectivity index (χ1) is 15.1. The van der Waals surface area contributed by atoms with E-state index in [1.165, 1.54) is 24.3 Å². The highest BCUT2D eigenvalue weighted by molar-refractivity contribution is 6.20. The molecular formula is C20H18ClF2N5O4. The normalized spacial score (nSPS) is 16.2. The van der Waals surface area contributed by atoms with Crippen LogP contribution >= 0.6 is 11.6 Å². The van der Waals surface area contributed by atoms with Gasteiger partial charge in [0.25, 0.3) is 5.91 Å². The van der Waals surface area contributed by atoms with Crippen molar-refractivity contribution in [2.75, 3.05) is 5.32 Å². The second kappa shape index (κ2) is 8.24. The summed E-state index contributed by atoms with van der Waals surface area (Å²) in [7, 11) is 0. The van der Waals surface area contributed by atoms with Crippen LogP contribution in [0.3, 0.4) is 0 Å². The molecule has 0 spiro atoms. The first-order valence-corrected chi connectivity index (χ1v) is 9.89. The number of carbonyl (C=O) groups is 2. The number of rotatable bonds is 6. The van der Waals surface area contributed by atoms with E-state index in [0.717, 1.165) is 5.52 Å². The second-order valence-electron chi connectivity index (χ2n) is 7.29. The molecule has 12 heteroatoms. The van der Waals surface area contributed by atoms with Gasteiger partial charge in [0.1, 0.15) is 11.9 Å². The molecule has 0 bridgehead atoms. The molecule has 1 aromatic heterocycles. The molecule has 1 saturated heterocycles. The Balaban J connectivity index is 1.64. The Bertz CT molecular complexity index is 1180. The zero-order valence-corrected chi connectivity index (χ0v) is 17.6. The van der Waals surface area contributed by atoms with Gasteiger partial charge in [-0.25, -0.2) is 9.78 Å². The minimum absolute atomic E-state index is 0.0811. The van der Waals surface area contributed by atoms with Crippen molar-refractivity contribution < 1.29 is 27.9 Å². The average Bonchev–Trinajstić information content (AvgIpc) is 3.34. The number of benzene rings is 2. The number of hydrogen-bond acceptors (Lipinski definition) is 6. The van der Waals surface area contributed by atoms with E-state index in [-0.39, 0.29) is 17.4 Å². The van der Waals surface area contributed by atoms with Gasteiger partial charge in [-0.2, -0.15) is 0 Å². The number of anilines is 1. The summed E-state index contributed by atoms with van der Waals surface area (Å²) in [6.45, 7) is 3.96. The van der Waals surface area contributed by atoms with Gasteiger partial charge >= 0.3 is 11.7 Å². The molecule has 1 unspecified atom stereocenters. The Morgan fingerprint density at radius 2 is 2.03 bits per heavy atom. The van der Waals surface area contributed by atoms with Crippen LogP contribution in [0.25, 0.3) is 11.0 Å². The highest BCUT2D eigenvalue weighted by Crippen LogP contribution is 2.29. The second-order valence-corrected chi connectivity index (χ2v) is 7.73. The molecule has 0 radical (unpaired) electrons. The predicted octanol–water partition coefficient (Wildman–Crippen LogP) is 4.28. The number of fused-ring (bicyclic) bond motifs is 1. The van der Waals surface area contributed by atoms with Crippen LogP contribution in [0, 0.1) is 0 Å². The molecule has 0 aliphatic carbocycles.